The van der Waals surface area contributed by atoms with Gasteiger partial charge in [0.15, 0.2) is 0 Å². The van der Waals surface area contributed by atoms with Crippen LogP contribution in [0.15, 0.2) is 18.2 Å². The number of amides is 1. The van der Waals surface area contributed by atoms with Gasteiger partial charge in [-0.05, 0) is 18.2 Å². The highest BCUT2D eigenvalue weighted by molar-refractivity contribution is 5.96. The molecular weight excluding hydrogens is 183 g/mol. The maximum atomic E-state index is 12.9. The van der Waals surface area contributed by atoms with E-state index in [-0.39, 0.29) is 11.7 Å². The number of anilines is 2. The van der Waals surface area contributed by atoms with Gasteiger partial charge in [0.25, 0.3) is 0 Å². The predicted octanol–water partition coefficient (Wildman–Crippen LogP) is 1.60. The van der Waals surface area contributed by atoms with Crippen LogP contribution in [-0.2, 0) is 4.79 Å². The molecule has 0 unspecified atom stereocenters. The minimum Gasteiger partial charge on any atom is -0.372 e. The van der Waals surface area contributed by atoms with E-state index >= 15 is 0 Å². The van der Waals surface area contributed by atoms with Crippen LogP contribution in [-0.4, -0.2) is 19.5 Å². The standard InChI is InChI=1S/C10H11FN2O/c1-13-5-4-10(14)12-8-6-7(11)2-3-9(8)13/h2-3,6H,4-5H2,1H3,(H,12,14). The number of carbonyl (C=O) groups excluding carboxylic acids is 1. The van der Waals surface area contributed by atoms with Crippen molar-refractivity contribution < 1.29 is 9.18 Å². The molecule has 0 spiro atoms. The topological polar surface area (TPSA) is 32.3 Å². The second-order valence-corrected chi connectivity index (χ2v) is 3.38. The molecule has 1 heterocycles. The molecule has 1 aliphatic heterocycles. The van der Waals surface area contributed by atoms with Crippen LogP contribution in [0, 0.1) is 5.82 Å². The van der Waals surface area contributed by atoms with Gasteiger partial charge in [-0.25, -0.2) is 4.39 Å². The number of hydrogen-bond donors (Lipinski definition) is 1. The molecule has 0 bridgehead atoms. The van der Waals surface area contributed by atoms with E-state index < -0.39 is 0 Å². The van der Waals surface area contributed by atoms with E-state index in [0.29, 0.717) is 18.7 Å². The van der Waals surface area contributed by atoms with Gasteiger partial charge < -0.3 is 10.2 Å². The first-order chi connectivity index (χ1) is 6.66. The molecule has 1 N–H and O–H groups in total. The maximum absolute atomic E-state index is 12.9. The number of nitrogens with one attached hydrogen (secondary N) is 1. The Hall–Kier alpha value is -1.58. The highest BCUT2D eigenvalue weighted by Gasteiger charge is 2.16. The Balaban J connectivity index is 2.46. The normalized spacial score (nSPS) is 15.9. The molecule has 0 radical (unpaired) electrons. The van der Waals surface area contributed by atoms with Crippen LogP contribution in [0.4, 0.5) is 15.8 Å². The molecule has 0 aromatic heterocycles. The molecule has 0 saturated carbocycles. The predicted molar refractivity (Wildman–Crippen MR) is 52.9 cm³/mol. The summed E-state index contributed by atoms with van der Waals surface area (Å²) in [4.78, 5) is 13.2. The monoisotopic (exact) mass is 194 g/mol. The lowest BCUT2D eigenvalue weighted by Gasteiger charge is -2.17. The van der Waals surface area contributed by atoms with Crippen molar-refractivity contribution in [2.24, 2.45) is 0 Å². The number of rotatable bonds is 0. The fraction of sp³-hybridized carbons (Fsp3) is 0.300. The molecule has 1 aromatic carbocycles. The quantitative estimate of drug-likeness (QED) is 0.680. The van der Waals surface area contributed by atoms with Crippen LogP contribution in [0.25, 0.3) is 0 Å². The summed E-state index contributed by atoms with van der Waals surface area (Å²) < 4.78 is 12.9. The average molecular weight is 194 g/mol. The van der Waals surface area contributed by atoms with E-state index in [1.807, 2.05) is 11.9 Å². The highest BCUT2D eigenvalue weighted by atomic mass is 19.1. The molecule has 0 atom stereocenters. The summed E-state index contributed by atoms with van der Waals surface area (Å²) in [7, 11) is 1.89. The zero-order valence-electron chi connectivity index (χ0n) is 7.88. The lowest BCUT2D eigenvalue weighted by molar-refractivity contribution is -0.115. The van der Waals surface area contributed by atoms with Gasteiger partial charge in [-0.1, -0.05) is 0 Å². The number of hydrogen-bond acceptors (Lipinski definition) is 2. The molecule has 3 nitrogen and oxygen atoms in total. The van der Waals surface area contributed by atoms with E-state index in [1.165, 1.54) is 12.1 Å². The Bertz CT molecular complexity index is 378. The van der Waals surface area contributed by atoms with Gasteiger partial charge >= 0.3 is 0 Å². The van der Waals surface area contributed by atoms with Crippen LogP contribution < -0.4 is 10.2 Å². The van der Waals surface area contributed by atoms with Gasteiger partial charge in [-0.15, -0.1) is 0 Å². The fourth-order valence-corrected chi connectivity index (χ4v) is 1.54. The number of halogens is 1. The fourth-order valence-electron chi connectivity index (χ4n) is 1.54. The summed E-state index contributed by atoms with van der Waals surface area (Å²) in [5, 5.41) is 2.67. The van der Waals surface area contributed by atoms with Gasteiger partial charge in [0.2, 0.25) is 5.91 Å². The van der Waals surface area contributed by atoms with E-state index in [0.717, 1.165) is 5.69 Å². The van der Waals surface area contributed by atoms with Gasteiger partial charge in [0.1, 0.15) is 5.82 Å². The van der Waals surface area contributed by atoms with Crippen molar-refractivity contribution in [2.75, 3.05) is 23.8 Å². The third kappa shape index (κ3) is 1.55. The van der Waals surface area contributed by atoms with E-state index in [9.17, 15) is 9.18 Å². The summed E-state index contributed by atoms with van der Waals surface area (Å²) in [5.41, 5.74) is 1.41. The van der Waals surface area contributed by atoms with Gasteiger partial charge in [0, 0.05) is 20.0 Å². The molecule has 1 aromatic rings. The maximum Gasteiger partial charge on any atom is 0.226 e. The first-order valence-corrected chi connectivity index (χ1v) is 4.47. The van der Waals surface area contributed by atoms with Crippen molar-refractivity contribution in [1.29, 1.82) is 0 Å². The van der Waals surface area contributed by atoms with Gasteiger partial charge in [-0.3, -0.25) is 4.79 Å². The van der Waals surface area contributed by atoms with Crippen molar-refractivity contribution in [1.82, 2.24) is 0 Å². The number of carbonyl (C=O) groups is 1. The molecule has 0 fully saturated rings. The molecule has 74 valence electrons. The lowest BCUT2D eigenvalue weighted by atomic mass is 10.2. The summed E-state index contributed by atoms with van der Waals surface area (Å²) in [6.45, 7) is 0.657. The van der Waals surface area contributed by atoms with Crippen molar-refractivity contribution in [3.05, 3.63) is 24.0 Å². The first kappa shape index (κ1) is 8.99. The molecule has 2 rings (SSSR count). The summed E-state index contributed by atoms with van der Waals surface area (Å²) in [6.07, 6.45) is 0.437. The molecule has 4 heteroatoms. The van der Waals surface area contributed by atoms with E-state index in [4.69, 9.17) is 0 Å². The second kappa shape index (κ2) is 3.29. The molecule has 1 aliphatic rings. The second-order valence-electron chi connectivity index (χ2n) is 3.38. The molecule has 14 heavy (non-hydrogen) atoms. The van der Waals surface area contributed by atoms with Crippen LogP contribution in [0.3, 0.4) is 0 Å². The minimum atomic E-state index is -0.334. The number of fused-ring (bicyclic) bond motifs is 1. The Kier molecular flexibility index (Phi) is 2.11. The molecule has 1 amide bonds. The van der Waals surface area contributed by atoms with Crippen molar-refractivity contribution in [2.45, 2.75) is 6.42 Å². The van der Waals surface area contributed by atoms with Crippen molar-refractivity contribution in [3.8, 4) is 0 Å². The van der Waals surface area contributed by atoms with E-state index in [2.05, 4.69) is 5.32 Å². The van der Waals surface area contributed by atoms with Crippen LogP contribution in [0.1, 0.15) is 6.42 Å². The number of benzene rings is 1. The minimum absolute atomic E-state index is 0.0683. The average Bonchev–Trinajstić information content (AvgIpc) is 2.26. The zero-order valence-corrected chi connectivity index (χ0v) is 7.88. The van der Waals surface area contributed by atoms with Crippen molar-refractivity contribution in [3.63, 3.8) is 0 Å². The SMILES string of the molecule is CN1CCC(=O)Nc2cc(F)ccc21. The Labute approximate surface area is 81.5 Å². The summed E-state index contributed by atoms with van der Waals surface area (Å²) in [5.74, 6) is -0.402. The van der Waals surface area contributed by atoms with E-state index in [1.54, 1.807) is 6.07 Å². The smallest absolute Gasteiger partial charge is 0.226 e. The highest BCUT2D eigenvalue weighted by Crippen LogP contribution is 2.28. The molecular formula is C10H11FN2O. The summed E-state index contributed by atoms with van der Waals surface area (Å²) >= 11 is 0. The van der Waals surface area contributed by atoms with Gasteiger partial charge in [-0.2, -0.15) is 0 Å². The Morgan fingerprint density at radius 1 is 1.50 bits per heavy atom. The zero-order chi connectivity index (χ0) is 10.1. The van der Waals surface area contributed by atoms with Crippen LogP contribution in [0.5, 0.6) is 0 Å². The number of nitrogens with zero attached hydrogens (tertiary/aromatic N) is 1. The van der Waals surface area contributed by atoms with Crippen LogP contribution >= 0.6 is 0 Å². The van der Waals surface area contributed by atoms with Gasteiger partial charge in [0.05, 0.1) is 11.4 Å². The third-order valence-corrected chi connectivity index (χ3v) is 2.32. The van der Waals surface area contributed by atoms with Crippen LogP contribution in [0.2, 0.25) is 0 Å². The Morgan fingerprint density at radius 3 is 3.07 bits per heavy atom. The first-order valence-electron chi connectivity index (χ1n) is 4.47. The molecule has 0 saturated heterocycles. The Morgan fingerprint density at radius 2 is 2.29 bits per heavy atom. The molecule has 0 aliphatic carbocycles. The lowest BCUT2D eigenvalue weighted by Crippen LogP contribution is -2.18. The van der Waals surface area contributed by atoms with Crippen molar-refractivity contribution >= 4 is 17.3 Å². The third-order valence-electron chi connectivity index (χ3n) is 2.32. The largest absolute Gasteiger partial charge is 0.372 e. The summed E-state index contributed by atoms with van der Waals surface area (Å²) in [6, 6.07) is 4.41.